The Morgan fingerprint density at radius 3 is 2.19 bits per heavy atom. The number of pyridine rings is 1. The zero-order chi connectivity index (χ0) is 19.2. The van der Waals surface area contributed by atoms with Crippen molar-refractivity contribution in [2.45, 2.75) is 64.8 Å². The third-order valence-corrected chi connectivity index (χ3v) is 9.82. The van der Waals surface area contributed by atoms with Crippen molar-refractivity contribution in [3.63, 3.8) is 0 Å². The zero-order valence-electron chi connectivity index (χ0n) is 17.0. The van der Waals surface area contributed by atoms with Crippen molar-refractivity contribution in [3.05, 3.63) is 65.0 Å². The fourth-order valence-electron chi connectivity index (χ4n) is 2.60. The van der Waals surface area contributed by atoms with Crippen molar-refractivity contribution in [2.75, 3.05) is 6.54 Å². The normalized spacial score (nSPS) is 12.4. The predicted octanol–water partition coefficient (Wildman–Crippen LogP) is 4.89. The Balaban J connectivity index is 1.96. The van der Waals surface area contributed by atoms with Crippen molar-refractivity contribution in [1.29, 1.82) is 0 Å². The Bertz CT molecular complexity index is 707. The van der Waals surface area contributed by atoms with Crippen LogP contribution >= 0.6 is 0 Å². The second kappa shape index (κ2) is 8.93. The Labute approximate surface area is 160 Å². The van der Waals surface area contributed by atoms with Gasteiger partial charge in [-0.2, -0.15) is 0 Å². The van der Waals surface area contributed by atoms with Gasteiger partial charge in [0.15, 0.2) is 8.32 Å². The van der Waals surface area contributed by atoms with Gasteiger partial charge in [0.25, 0.3) is 0 Å². The van der Waals surface area contributed by atoms with E-state index in [0.29, 0.717) is 13.2 Å². The van der Waals surface area contributed by atoms with E-state index in [2.05, 4.69) is 76.3 Å². The lowest BCUT2D eigenvalue weighted by Gasteiger charge is -2.36. The number of rotatable bonds is 8. The molecule has 0 aliphatic carbocycles. The van der Waals surface area contributed by atoms with Gasteiger partial charge in [-0.25, -0.2) is 0 Å². The highest BCUT2D eigenvalue weighted by Gasteiger charge is 2.37. The molecular weight excluding hydrogens is 336 g/mol. The molecule has 0 aliphatic heterocycles. The molecular formula is C22H34N2OSi. The first-order valence-corrected chi connectivity index (χ1v) is 12.5. The molecule has 0 atom stereocenters. The van der Waals surface area contributed by atoms with Crippen LogP contribution < -0.4 is 5.73 Å². The first kappa shape index (κ1) is 20.8. The maximum Gasteiger partial charge on any atom is 0.192 e. The average molecular weight is 371 g/mol. The molecule has 0 saturated carbocycles. The molecule has 3 nitrogen and oxygen atoms in total. The Morgan fingerprint density at radius 1 is 0.923 bits per heavy atom. The third-order valence-electron chi connectivity index (χ3n) is 5.35. The summed E-state index contributed by atoms with van der Waals surface area (Å²) >= 11 is 0. The summed E-state index contributed by atoms with van der Waals surface area (Å²) in [6.07, 6.45) is 2.88. The van der Waals surface area contributed by atoms with Gasteiger partial charge in [-0.3, -0.25) is 4.98 Å². The fourth-order valence-corrected chi connectivity index (χ4v) is 3.54. The van der Waals surface area contributed by atoms with E-state index in [4.69, 9.17) is 15.1 Å². The van der Waals surface area contributed by atoms with Crippen molar-refractivity contribution in [1.82, 2.24) is 4.98 Å². The van der Waals surface area contributed by atoms with Gasteiger partial charge in [0, 0.05) is 5.69 Å². The number of hydrogen-bond acceptors (Lipinski definition) is 3. The third kappa shape index (κ3) is 6.04. The smallest absolute Gasteiger partial charge is 0.192 e. The molecule has 1 heterocycles. The molecule has 0 radical (unpaired) electrons. The lowest BCUT2D eigenvalue weighted by Crippen LogP contribution is -2.40. The Hall–Kier alpha value is -1.49. The summed E-state index contributed by atoms with van der Waals surface area (Å²) < 4.78 is 6.30. The molecule has 1 aromatic heterocycles. The molecule has 0 aliphatic rings. The standard InChI is InChI=1S/C22H34N2OSi/c1-22(2,3)26(4,5)25-17-21-11-7-10-20(24-21)13-12-18-8-6-9-19(16-18)14-15-23/h6-11,16H,12-15,17,23H2,1-5H3. The molecule has 0 spiro atoms. The van der Waals surface area contributed by atoms with E-state index in [0.717, 1.165) is 30.7 Å². The molecule has 2 N–H and O–H groups in total. The SMILES string of the molecule is CC(C)(C)[Si](C)(C)OCc1cccc(CCc2cccc(CCN)c2)n1. The molecule has 0 bridgehead atoms. The Morgan fingerprint density at radius 2 is 1.54 bits per heavy atom. The van der Waals surface area contributed by atoms with Gasteiger partial charge in [0.05, 0.1) is 12.3 Å². The number of benzene rings is 1. The van der Waals surface area contributed by atoms with Crippen LogP contribution in [0.15, 0.2) is 42.5 Å². The first-order chi connectivity index (χ1) is 12.2. The van der Waals surface area contributed by atoms with E-state index in [9.17, 15) is 0 Å². The minimum atomic E-state index is -1.74. The van der Waals surface area contributed by atoms with Crippen LogP contribution in [0.1, 0.15) is 43.3 Å². The van der Waals surface area contributed by atoms with Crippen molar-refractivity contribution < 1.29 is 4.43 Å². The van der Waals surface area contributed by atoms with Crippen molar-refractivity contribution in [3.8, 4) is 0 Å². The van der Waals surface area contributed by atoms with E-state index in [-0.39, 0.29) is 5.04 Å². The summed E-state index contributed by atoms with van der Waals surface area (Å²) in [7, 11) is -1.74. The Kier molecular flexibility index (Phi) is 7.15. The minimum Gasteiger partial charge on any atom is -0.411 e. The summed E-state index contributed by atoms with van der Waals surface area (Å²) in [5.41, 5.74) is 10.5. The molecule has 142 valence electrons. The highest BCUT2D eigenvalue weighted by molar-refractivity contribution is 6.74. The second-order valence-corrected chi connectivity index (χ2v) is 13.3. The molecule has 2 aromatic rings. The van der Waals surface area contributed by atoms with Gasteiger partial charge in [0.1, 0.15) is 0 Å². The highest BCUT2D eigenvalue weighted by atomic mass is 28.4. The second-order valence-electron chi connectivity index (χ2n) is 8.53. The van der Waals surface area contributed by atoms with E-state index < -0.39 is 8.32 Å². The van der Waals surface area contributed by atoms with Crippen LogP contribution in [-0.4, -0.2) is 19.8 Å². The molecule has 0 fully saturated rings. The van der Waals surface area contributed by atoms with E-state index in [1.165, 1.54) is 11.1 Å². The van der Waals surface area contributed by atoms with Gasteiger partial charge in [-0.15, -0.1) is 0 Å². The lowest BCUT2D eigenvalue weighted by atomic mass is 10.0. The minimum absolute atomic E-state index is 0.221. The lowest BCUT2D eigenvalue weighted by molar-refractivity contribution is 0.272. The molecule has 4 heteroatoms. The molecule has 0 saturated heterocycles. The number of aryl methyl sites for hydroxylation is 2. The maximum atomic E-state index is 6.30. The number of hydrogen-bond donors (Lipinski definition) is 1. The highest BCUT2D eigenvalue weighted by Crippen LogP contribution is 2.36. The maximum absolute atomic E-state index is 6.30. The summed E-state index contributed by atoms with van der Waals surface area (Å²) in [6.45, 7) is 12.7. The summed E-state index contributed by atoms with van der Waals surface area (Å²) in [6, 6.07) is 15.0. The van der Waals surface area contributed by atoms with Crippen LogP contribution in [0.5, 0.6) is 0 Å². The zero-order valence-corrected chi connectivity index (χ0v) is 18.0. The quantitative estimate of drug-likeness (QED) is 0.673. The molecule has 2 rings (SSSR count). The summed E-state index contributed by atoms with van der Waals surface area (Å²) in [5, 5.41) is 0.221. The van der Waals surface area contributed by atoms with Crippen LogP contribution in [0.4, 0.5) is 0 Å². The van der Waals surface area contributed by atoms with Gasteiger partial charge >= 0.3 is 0 Å². The number of nitrogens with zero attached hydrogens (tertiary/aromatic N) is 1. The average Bonchev–Trinajstić information content (AvgIpc) is 2.58. The van der Waals surface area contributed by atoms with Crippen LogP contribution in [0.2, 0.25) is 18.1 Å². The van der Waals surface area contributed by atoms with Gasteiger partial charge in [-0.1, -0.05) is 51.1 Å². The van der Waals surface area contributed by atoms with Crippen molar-refractivity contribution >= 4 is 8.32 Å². The van der Waals surface area contributed by atoms with Crippen LogP contribution in [0, 0.1) is 0 Å². The van der Waals surface area contributed by atoms with Crippen LogP contribution in [-0.2, 0) is 30.3 Å². The predicted molar refractivity (Wildman–Crippen MR) is 113 cm³/mol. The van der Waals surface area contributed by atoms with E-state index >= 15 is 0 Å². The number of nitrogens with two attached hydrogens (primary N) is 1. The molecule has 0 unspecified atom stereocenters. The fraction of sp³-hybridized carbons (Fsp3) is 0.500. The van der Waals surface area contributed by atoms with E-state index in [1.807, 2.05) is 0 Å². The number of aromatic nitrogens is 1. The summed E-state index contributed by atoms with van der Waals surface area (Å²) in [4.78, 5) is 4.81. The van der Waals surface area contributed by atoms with Gasteiger partial charge in [-0.05, 0) is 67.2 Å². The molecule has 0 amide bonds. The van der Waals surface area contributed by atoms with Crippen LogP contribution in [0.25, 0.3) is 0 Å². The topological polar surface area (TPSA) is 48.1 Å². The van der Waals surface area contributed by atoms with Gasteiger partial charge in [0.2, 0.25) is 0 Å². The van der Waals surface area contributed by atoms with Crippen LogP contribution in [0.3, 0.4) is 0 Å². The monoisotopic (exact) mass is 370 g/mol. The van der Waals surface area contributed by atoms with Gasteiger partial charge < -0.3 is 10.2 Å². The first-order valence-electron chi connectivity index (χ1n) is 9.58. The molecule has 1 aromatic carbocycles. The van der Waals surface area contributed by atoms with E-state index in [1.54, 1.807) is 0 Å². The largest absolute Gasteiger partial charge is 0.411 e. The summed E-state index contributed by atoms with van der Waals surface area (Å²) in [5.74, 6) is 0. The van der Waals surface area contributed by atoms with Crippen molar-refractivity contribution in [2.24, 2.45) is 5.73 Å². The molecule has 26 heavy (non-hydrogen) atoms.